The quantitative estimate of drug-likeness (QED) is 0.347. The van der Waals surface area contributed by atoms with E-state index in [0.717, 1.165) is 29.0 Å². The Bertz CT molecular complexity index is 1330. The number of halogens is 4. The summed E-state index contributed by atoms with van der Waals surface area (Å²) >= 11 is 0. The highest BCUT2D eigenvalue weighted by molar-refractivity contribution is 6.27. The highest BCUT2D eigenvalue weighted by atomic mass is 19.4. The molecule has 4 aromatic rings. The number of aromatic amines is 1. The largest absolute Gasteiger partial charge is 0.416 e. The fourth-order valence-electron chi connectivity index (χ4n) is 3.84. The van der Waals surface area contributed by atoms with E-state index < -0.39 is 17.6 Å². The van der Waals surface area contributed by atoms with Crippen LogP contribution in [0.5, 0.6) is 0 Å². The molecule has 2 nitrogen and oxygen atoms in total. The second-order valence-electron chi connectivity index (χ2n) is 7.00. The topological polar surface area (TPSA) is 28.1 Å². The van der Waals surface area contributed by atoms with Crippen LogP contribution in [-0.2, 0) is 6.18 Å². The summed E-state index contributed by atoms with van der Waals surface area (Å²) in [4.78, 5) is 7.49. The Morgan fingerprint density at radius 2 is 1.63 bits per heavy atom. The van der Waals surface area contributed by atoms with E-state index in [1.165, 1.54) is 18.2 Å². The number of nitrogens with zero attached hydrogens (tertiary/aromatic N) is 1. The Morgan fingerprint density at radius 3 is 2.40 bits per heavy atom. The number of fused-ring (bicyclic) bond motifs is 2. The Labute approximate surface area is 169 Å². The van der Waals surface area contributed by atoms with Crippen LogP contribution < -0.4 is 0 Å². The van der Waals surface area contributed by atoms with E-state index in [9.17, 15) is 17.6 Å². The van der Waals surface area contributed by atoms with Crippen LogP contribution in [0.4, 0.5) is 23.2 Å². The lowest BCUT2D eigenvalue weighted by molar-refractivity contribution is -0.137. The zero-order valence-electron chi connectivity index (χ0n) is 15.5. The molecule has 0 radical (unpaired) electrons. The van der Waals surface area contributed by atoms with Gasteiger partial charge in [-0.1, -0.05) is 36.4 Å². The summed E-state index contributed by atoms with van der Waals surface area (Å²) in [6.07, 6.45) is -1.07. The number of allylic oxidation sites excluding steroid dienone is 1. The molecule has 1 aliphatic heterocycles. The first kappa shape index (κ1) is 18.4. The summed E-state index contributed by atoms with van der Waals surface area (Å²) in [6, 6.07) is 17.1. The van der Waals surface area contributed by atoms with Crippen LogP contribution in [-0.4, -0.2) is 11.2 Å². The zero-order chi connectivity index (χ0) is 20.9. The number of hydrogen-bond donors (Lipinski definition) is 1. The number of rotatable bonds is 2. The first-order valence-corrected chi connectivity index (χ1v) is 9.25. The zero-order valence-corrected chi connectivity index (χ0v) is 15.5. The molecule has 1 aromatic heterocycles. The van der Waals surface area contributed by atoms with Crippen LogP contribution in [0.1, 0.15) is 22.3 Å². The minimum absolute atomic E-state index is 0.387. The number of nitrogens with one attached hydrogen (secondary N) is 1. The van der Waals surface area contributed by atoms with E-state index >= 15 is 0 Å². The van der Waals surface area contributed by atoms with Gasteiger partial charge in [0.05, 0.1) is 11.3 Å². The fraction of sp³-hybridized carbons (Fsp3) is 0.0417. The lowest BCUT2D eigenvalue weighted by Gasteiger charge is -2.14. The highest BCUT2D eigenvalue weighted by Crippen LogP contribution is 2.42. The van der Waals surface area contributed by atoms with Gasteiger partial charge in [0.1, 0.15) is 5.82 Å². The van der Waals surface area contributed by atoms with Crippen molar-refractivity contribution in [1.82, 2.24) is 4.98 Å². The third kappa shape index (κ3) is 2.92. The molecule has 0 amide bonds. The second-order valence-corrected chi connectivity index (χ2v) is 7.00. The first-order valence-electron chi connectivity index (χ1n) is 9.25. The van der Waals surface area contributed by atoms with Crippen LogP contribution in [0.25, 0.3) is 22.0 Å². The average molecular weight is 406 g/mol. The number of alkyl halides is 3. The van der Waals surface area contributed by atoms with E-state index in [4.69, 9.17) is 0 Å². The molecule has 0 fully saturated rings. The minimum atomic E-state index is -4.43. The first-order chi connectivity index (χ1) is 14.4. The predicted octanol–water partition coefficient (Wildman–Crippen LogP) is 7.00. The van der Waals surface area contributed by atoms with Gasteiger partial charge in [-0.25, -0.2) is 4.39 Å². The monoisotopic (exact) mass is 406 g/mol. The third-order valence-corrected chi connectivity index (χ3v) is 5.22. The van der Waals surface area contributed by atoms with Crippen LogP contribution >= 0.6 is 0 Å². The Kier molecular flexibility index (Phi) is 4.10. The molecule has 0 unspecified atom stereocenters. The van der Waals surface area contributed by atoms with E-state index in [1.54, 1.807) is 24.5 Å². The van der Waals surface area contributed by atoms with Crippen LogP contribution in [0, 0.1) is 5.82 Å². The van der Waals surface area contributed by atoms with Crippen LogP contribution in [0.3, 0.4) is 0 Å². The maximum atomic E-state index is 14.7. The smallest absolute Gasteiger partial charge is 0.360 e. The van der Waals surface area contributed by atoms with Gasteiger partial charge < -0.3 is 4.98 Å². The molecule has 0 saturated heterocycles. The van der Waals surface area contributed by atoms with Crippen molar-refractivity contribution in [3.05, 3.63) is 101 Å². The van der Waals surface area contributed by atoms with Crippen molar-refractivity contribution in [2.45, 2.75) is 6.18 Å². The van der Waals surface area contributed by atoms with Gasteiger partial charge in [-0.2, -0.15) is 13.2 Å². The Hall–Kier alpha value is -3.67. The van der Waals surface area contributed by atoms with E-state index in [-0.39, 0.29) is 0 Å². The summed E-state index contributed by atoms with van der Waals surface area (Å²) in [5.74, 6) is -0.406. The standard InChI is InChI=1S/C24H14F4N2/c25-19-5-3-7-21-23(19)18(13-30-21)22(14-8-10-15(11-9-14)24(26,27)28)17-12-29-20-6-2-1-4-16(17)20/h1-13,30H. The molecule has 0 spiro atoms. The summed E-state index contributed by atoms with van der Waals surface area (Å²) in [6.45, 7) is 0. The second kappa shape index (κ2) is 6.69. The van der Waals surface area contributed by atoms with Gasteiger partial charge in [0, 0.05) is 45.6 Å². The number of para-hydroxylation sites is 1. The van der Waals surface area contributed by atoms with Gasteiger partial charge in [-0.05, 0) is 35.9 Å². The molecule has 5 rings (SSSR count). The normalized spacial score (nSPS) is 14.9. The van der Waals surface area contributed by atoms with Crippen molar-refractivity contribution in [3.8, 4) is 0 Å². The van der Waals surface area contributed by atoms with Gasteiger partial charge in [0.25, 0.3) is 0 Å². The van der Waals surface area contributed by atoms with Gasteiger partial charge in [0.15, 0.2) is 0 Å². The van der Waals surface area contributed by atoms with Crippen molar-refractivity contribution in [3.63, 3.8) is 0 Å². The summed E-state index contributed by atoms with van der Waals surface area (Å²) in [7, 11) is 0. The fourth-order valence-corrected chi connectivity index (χ4v) is 3.84. The summed E-state index contributed by atoms with van der Waals surface area (Å²) < 4.78 is 53.9. The maximum Gasteiger partial charge on any atom is 0.416 e. The summed E-state index contributed by atoms with van der Waals surface area (Å²) in [5.41, 5.74) is 3.95. The predicted molar refractivity (Wildman–Crippen MR) is 110 cm³/mol. The molecule has 0 aliphatic carbocycles. The lowest BCUT2D eigenvalue weighted by atomic mass is 9.89. The number of aliphatic imine (C=N–C) groups is 1. The van der Waals surface area contributed by atoms with Gasteiger partial charge >= 0.3 is 6.18 Å². The van der Waals surface area contributed by atoms with Gasteiger partial charge in [-0.15, -0.1) is 0 Å². The molecule has 1 aliphatic rings. The Morgan fingerprint density at radius 1 is 0.867 bits per heavy atom. The lowest BCUT2D eigenvalue weighted by Crippen LogP contribution is -2.04. The molecule has 6 heteroatoms. The van der Waals surface area contributed by atoms with Crippen LogP contribution in [0.2, 0.25) is 0 Å². The number of benzene rings is 3. The van der Waals surface area contributed by atoms with E-state index in [2.05, 4.69) is 9.98 Å². The van der Waals surface area contributed by atoms with Crippen molar-refractivity contribution in [2.24, 2.45) is 4.99 Å². The SMILES string of the molecule is Fc1cccc2[nH]cc(C(=C3C=Nc4ccccc43)c3ccc(C(F)(F)F)cc3)c12. The summed E-state index contributed by atoms with van der Waals surface area (Å²) in [5, 5.41) is 0.387. The molecule has 0 saturated carbocycles. The molecule has 0 bridgehead atoms. The average Bonchev–Trinajstić information content (AvgIpc) is 3.34. The third-order valence-electron chi connectivity index (χ3n) is 5.22. The number of H-pyrrole nitrogens is 1. The number of aromatic nitrogens is 1. The molecular formula is C24H14F4N2. The molecule has 0 atom stereocenters. The highest BCUT2D eigenvalue weighted by Gasteiger charge is 2.30. The van der Waals surface area contributed by atoms with Gasteiger partial charge in [-0.3, -0.25) is 4.99 Å². The molecule has 148 valence electrons. The molecule has 30 heavy (non-hydrogen) atoms. The minimum Gasteiger partial charge on any atom is -0.360 e. The number of hydrogen-bond acceptors (Lipinski definition) is 1. The molecule has 2 heterocycles. The van der Waals surface area contributed by atoms with Crippen molar-refractivity contribution < 1.29 is 17.6 Å². The van der Waals surface area contributed by atoms with E-state index in [1.807, 2.05) is 24.3 Å². The molecule has 1 N–H and O–H groups in total. The Balaban J connectivity index is 1.80. The van der Waals surface area contributed by atoms with E-state index in [0.29, 0.717) is 27.6 Å². The molecule has 3 aromatic carbocycles. The molecular weight excluding hydrogens is 392 g/mol. The van der Waals surface area contributed by atoms with Gasteiger partial charge in [0.2, 0.25) is 0 Å². The van der Waals surface area contributed by atoms with Crippen molar-refractivity contribution in [2.75, 3.05) is 0 Å². The maximum absolute atomic E-state index is 14.7. The van der Waals surface area contributed by atoms with Crippen LogP contribution in [0.15, 0.2) is 77.9 Å². The van der Waals surface area contributed by atoms with Crippen molar-refractivity contribution in [1.29, 1.82) is 0 Å². The van der Waals surface area contributed by atoms with Crippen molar-refractivity contribution >= 4 is 34.0 Å².